The molecule has 80 valence electrons. The molecule has 1 fully saturated rings. The van der Waals surface area contributed by atoms with Gasteiger partial charge in [0.05, 0.1) is 6.33 Å². The number of aromatic amines is 1. The Morgan fingerprint density at radius 2 is 2.00 bits per heavy atom. The van der Waals surface area contributed by atoms with E-state index in [2.05, 4.69) is 29.1 Å². The molecular formula is C11H21N3. The standard InChI is InChI=1S/C8H13N3.C3H8/c1-3-9-4-2-7(1)8-5-10-6-11-8;1-3-2/h5-7,9H,1-4H2,(H,10,11);3H2,1-2H3. The average molecular weight is 195 g/mol. The zero-order valence-corrected chi connectivity index (χ0v) is 9.21. The van der Waals surface area contributed by atoms with Crippen molar-refractivity contribution in [2.24, 2.45) is 0 Å². The van der Waals surface area contributed by atoms with Crippen LogP contribution in [0.4, 0.5) is 0 Å². The Labute approximate surface area is 86.3 Å². The van der Waals surface area contributed by atoms with E-state index in [1.54, 1.807) is 6.33 Å². The molecule has 1 aliphatic heterocycles. The van der Waals surface area contributed by atoms with Gasteiger partial charge in [-0.2, -0.15) is 0 Å². The lowest BCUT2D eigenvalue weighted by molar-refractivity contribution is 0.454. The average Bonchev–Trinajstić information content (AvgIpc) is 2.73. The fraction of sp³-hybridized carbons (Fsp3) is 0.727. The van der Waals surface area contributed by atoms with Gasteiger partial charge in [0.2, 0.25) is 0 Å². The number of nitrogens with one attached hydrogen (secondary N) is 2. The maximum absolute atomic E-state index is 4.02. The number of imidazole rings is 1. The van der Waals surface area contributed by atoms with Gasteiger partial charge in [-0.05, 0) is 25.9 Å². The van der Waals surface area contributed by atoms with E-state index in [4.69, 9.17) is 0 Å². The number of piperidine rings is 1. The van der Waals surface area contributed by atoms with Crippen molar-refractivity contribution in [3.8, 4) is 0 Å². The summed E-state index contributed by atoms with van der Waals surface area (Å²) in [5, 5.41) is 3.34. The molecule has 1 aromatic rings. The Bertz CT molecular complexity index is 212. The highest BCUT2D eigenvalue weighted by Gasteiger charge is 2.15. The third-order valence-electron chi connectivity index (χ3n) is 2.30. The molecule has 14 heavy (non-hydrogen) atoms. The van der Waals surface area contributed by atoms with Gasteiger partial charge in [-0.15, -0.1) is 0 Å². The molecular weight excluding hydrogens is 174 g/mol. The van der Waals surface area contributed by atoms with Crippen molar-refractivity contribution in [2.45, 2.75) is 39.0 Å². The first-order chi connectivity index (χ1) is 6.88. The summed E-state index contributed by atoms with van der Waals surface area (Å²) in [6.45, 7) is 6.54. The first-order valence-corrected chi connectivity index (χ1v) is 5.57. The van der Waals surface area contributed by atoms with Crippen molar-refractivity contribution < 1.29 is 0 Å². The molecule has 0 radical (unpaired) electrons. The molecule has 0 unspecified atom stereocenters. The van der Waals surface area contributed by atoms with Crippen LogP contribution in [0.15, 0.2) is 12.5 Å². The normalized spacial score (nSPS) is 17.3. The van der Waals surface area contributed by atoms with Gasteiger partial charge in [0.25, 0.3) is 0 Å². The van der Waals surface area contributed by atoms with E-state index in [1.165, 1.54) is 25.0 Å². The van der Waals surface area contributed by atoms with Gasteiger partial charge in [0, 0.05) is 17.8 Å². The Hall–Kier alpha value is -0.830. The molecule has 0 aromatic carbocycles. The molecule has 0 bridgehead atoms. The molecule has 0 amide bonds. The van der Waals surface area contributed by atoms with Crippen LogP contribution in [-0.2, 0) is 0 Å². The molecule has 1 aromatic heterocycles. The summed E-state index contributed by atoms with van der Waals surface area (Å²) in [7, 11) is 0. The molecule has 2 heterocycles. The van der Waals surface area contributed by atoms with Gasteiger partial charge in [0.15, 0.2) is 0 Å². The highest BCUT2D eigenvalue weighted by atomic mass is 14.9. The fourth-order valence-electron chi connectivity index (χ4n) is 1.62. The molecule has 0 spiro atoms. The SMILES string of the molecule is CCC.c1ncc(C2CCNCC2)[nH]1. The molecule has 0 saturated carbocycles. The van der Waals surface area contributed by atoms with E-state index in [9.17, 15) is 0 Å². The third kappa shape index (κ3) is 3.50. The van der Waals surface area contributed by atoms with Crippen LogP contribution in [0.2, 0.25) is 0 Å². The molecule has 0 atom stereocenters. The third-order valence-corrected chi connectivity index (χ3v) is 2.30. The van der Waals surface area contributed by atoms with Crippen molar-refractivity contribution in [2.75, 3.05) is 13.1 Å². The first kappa shape index (κ1) is 11.2. The Balaban J connectivity index is 0.000000293. The zero-order valence-electron chi connectivity index (χ0n) is 9.21. The number of rotatable bonds is 1. The van der Waals surface area contributed by atoms with Crippen LogP contribution in [0.3, 0.4) is 0 Å². The van der Waals surface area contributed by atoms with Crippen LogP contribution < -0.4 is 5.32 Å². The van der Waals surface area contributed by atoms with Crippen molar-refractivity contribution in [3.63, 3.8) is 0 Å². The molecule has 3 heteroatoms. The summed E-state index contributed by atoms with van der Waals surface area (Å²) in [6.07, 6.45) is 7.43. The van der Waals surface area contributed by atoms with Gasteiger partial charge in [-0.25, -0.2) is 4.98 Å². The van der Waals surface area contributed by atoms with Crippen molar-refractivity contribution in [1.82, 2.24) is 15.3 Å². The topological polar surface area (TPSA) is 40.7 Å². The predicted molar refractivity (Wildman–Crippen MR) is 59.4 cm³/mol. The van der Waals surface area contributed by atoms with Gasteiger partial charge in [-0.1, -0.05) is 20.3 Å². The number of aromatic nitrogens is 2. The van der Waals surface area contributed by atoms with E-state index >= 15 is 0 Å². The predicted octanol–water partition coefficient (Wildman–Crippen LogP) is 2.29. The largest absolute Gasteiger partial charge is 0.348 e. The second-order valence-corrected chi connectivity index (χ2v) is 3.74. The van der Waals surface area contributed by atoms with Crippen LogP contribution in [0.1, 0.15) is 44.7 Å². The second-order valence-electron chi connectivity index (χ2n) is 3.74. The lowest BCUT2D eigenvalue weighted by Gasteiger charge is -2.20. The Morgan fingerprint density at radius 3 is 2.50 bits per heavy atom. The smallest absolute Gasteiger partial charge is 0.0921 e. The zero-order chi connectivity index (χ0) is 10.2. The highest BCUT2D eigenvalue weighted by molar-refractivity contribution is 5.04. The van der Waals surface area contributed by atoms with Crippen LogP contribution in [0.25, 0.3) is 0 Å². The molecule has 3 nitrogen and oxygen atoms in total. The molecule has 0 aliphatic carbocycles. The monoisotopic (exact) mass is 195 g/mol. The molecule has 1 aliphatic rings. The summed E-state index contributed by atoms with van der Waals surface area (Å²) in [5.74, 6) is 0.707. The summed E-state index contributed by atoms with van der Waals surface area (Å²) < 4.78 is 0. The molecule has 1 saturated heterocycles. The minimum atomic E-state index is 0.707. The summed E-state index contributed by atoms with van der Waals surface area (Å²) >= 11 is 0. The van der Waals surface area contributed by atoms with Gasteiger partial charge < -0.3 is 10.3 Å². The minimum Gasteiger partial charge on any atom is -0.348 e. The van der Waals surface area contributed by atoms with E-state index < -0.39 is 0 Å². The summed E-state index contributed by atoms with van der Waals surface area (Å²) in [4.78, 5) is 7.19. The summed E-state index contributed by atoms with van der Waals surface area (Å²) in [5.41, 5.74) is 1.30. The number of nitrogens with zero attached hydrogens (tertiary/aromatic N) is 1. The fourth-order valence-corrected chi connectivity index (χ4v) is 1.62. The number of hydrogen-bond acceptors (Lipinski definition) is 2. The van der Waals surface area contributed by atoms with E-state index in [0.717, 1.165) is 13.1 Å². The lowest BCUT2D eigenvalue weighted by Crippen LogP contribution is -2.26. The van der Waals surface area contributed by atoms with Gasteiger partial charge >= 0.3 is 0 Å². The van der Waals surface area contributed by atoms with E-state index in [1.807, 2.05) is 6.20 Å². The molecule has 2 N–H and O–H groups in total. The van der Waals surface area contributed by atoms with Crippen LogP contribution in [0.5, 0.6) is 0 Å². The quantitative estimate of drug-likeness (QED) is 0.722. The van der Waals surface area contributed by atoms with Crippen LogP contribution in [0, 0.1) is 0 Å². The van der Waals surface area contributed by atoms with E-state index in [-0.39, 0.29) is 0 Å². The number of hydrogen-bond donors (Lipinski definition) is 2. The Kier molecular flexibility index (Phi) is 5.30. The van der Waals surface area contributed by atoms with Crippen molar-refractivity contribution >= 4 is 0 Å². The minimum absolute atomic E-state index is 0.707. The van der Waals surface area contributed by atoms with Crippen molar-refractivity contribution in [1.29, 1.82) is 0 Å². The number of H-pyrrole nitrogens is 1. The second kappa shape index (κ2) is 6.60. The lowest BCUT2D eigenvalue weighted by atomic mass is 9.95. The van der Waals surface area contributed by atoms with Gasteiger partial charge in [-0.3, -0.25) is 0 Å². The van der Waals surface area contributed by atoms with Crippen LogP contribution in [-0.4, -0.2) is 23.1 Å². The maximum atomic E-state index is 4.02. The van der Waals surface area contributed by atoms with E-state index in [0.29, 0.717) is 5.92 Å². The molecule has 2 rings (SSSR count). The Morgan fingerprint density at radius 1 is 1.36 bits per heavy atom. The highest BCUT2D eigenvalue weighted by Crippen LogP contribution is 2.22. The first-order valence-electron chi connectivity index (χ1n) is 5.57. The maximum Gasteiger partial charge on any atom is 0.0921 e. The summed E-state index contributed by atoms with van der Waals surface area (Å²) in [6, 6.07) is 0. The van der Waals surface area contributed by atoms with Crippen LogP contribution >= 0.6 is 0 Å². The van der Waals surface area contributed by atoms with Gasteiger partial charge in [0.1, 0.15) is 0 Å². The van der Waals surface area contributed by atoms with Crippen molar-refractivity contribution in [3.05, 3.63) is 18.2 Å².